The largest absolute Gasteiger partial charge is 0.350 e. The van der Waals surface area contributed by atoms with Crippen LogP contribution in [-0.2, 0) is 9.47 Å². The Morgan fingerprint density at radius 2 is 1.89 bits per heavy atom. The summed E-state index contributed by atoms with van der Waals surface area (Å²) in [6.45, 7) is 4.00. The molecule has 0 atom stereocenters. The topological polar surface area (TPSA) is 49.2 Å². The maximum atomic E-state index is 6.03. The van der Waals surface area contributed by atoms with E-state index in [1.54, 1.807) is 49.5 Å². The highest BCUT2D eigenvalue weighted by Crippen LogP contribution is 2.19. The Labute approximate surface area is 118 Å². The molecule has 0 unspecified atom stereocenters. The standard InChI is InChI=1S/C11H12ClN3O2.C2H6/c1-16-11(17-2)9-5-7-15(14-9)10-8(12)4-3-6-13-10;1-2/h3-7,11H,1-2H3;1-2H3. The lowest BCUT2D eigenvalue weighted by Gasteiger charge is -2.09. The number of ether oxygens (including phenoxy) is 2. The maximum absolute atomic E-state index is 6.03. The zero-order chi connectivity index (χ0) is 14.3. The normalized spacial score (nSPS) is 10.2. The van der Waals surface area contributed by atoms with Gasteiger partial charge in [-0.05, 0) is 18.2 Å². The molecule has 2 aromatic rings. The van der Waals surface area contributed by atoms with Crippen LogP contribution < -0.4 is 0 Å². The van der Waals surface area contributed by atoms with E-state index in [2.05, 4.69) is 10.1 Å². The minimum Gasteiger partial charge on any atom is -0.350 e. The van der Waals surface area contributed by atoms with E-state index in [0.29, 0.717) is 16.5 Å². The summed E-state index contributed by atoms with van der Waals surface area (Å²) >= 11 is 6.03. The Morgan fingerprint density at radius 3 is 2.47 bits per heavy atom. The highest BCUT2D eigenvalue weighted by atomic mass is 35.5. The average molecular weight is 284 g/mol. The van der Waals surface area contributed by atoms with Crippen molar-refractivity contribution in [2.45, 2.75) is 20.1 Å². The van der Waals surface area contributed by atoms with E-state index in [1.165, 1.54) is 0 Å². The summed E-state index contributed by atoms with van der Waals surface area (Å²) in [4.78, 5) is 4.16. The van der Waals surface area contributed by atoms with Crippen molar-refractivity contribution in [1.82, 2.24) is 14.8 Å². The third-order valence-electron chi connectivity index (χ3n) is 2.24. The van der Waals surface area contributed by atoms with Gasteiger partial charge in [0.1, 0.15) is 5.69 Å². The van der Waals surface area contributed by atoms with Crippen molar-refractivity contribution in [3.63, 3.8) is 0 Å². The molecule has 2 rings (SSSR count). The van der Waals surface area contributed by atoms with Gasteiger partial charge in [-0.1, -0.05) is 25.4 Å². The number of nitrogens with zero attached hydrogens (tertiary/aromatic N) is 3. The van der Waals surface area contributed by atoms with Crippen LogP contribution in [0.1, 0.15) is 25.8 Å². The predicted molar refractivity (Wildman–Crippen MR) is 74.5 cm³/mol. The summed E-state index contributed by atoms with van der Waals surface area (Å²) in [6, 6.07) is 5.32. The van der Waals surface area contributed by atoms with E-state index in [0.717, 1.165) is 0 Å². The predicted octanol–water partition coefficient (Wildman–Crippen LogP) is 3.24. The summed E-state index contributed by atoms with van der Waals surface area (Å²) in [5.41, 5.74) is 0.664. The molecule has 0 N–H and O–H groups in total. The Kier molecular flexibility index (Phi) is 6.49. The fraction of sp³-hybridized carbons (Fsp3) is 0.385. The third-order valence-corrected chi connectivity index (χ3v) is 2.53. The van der Waals surface area contributed by atoms with Gasteiger partial charge in [0.15, 0.2) is 5.82 Å². The molecular weight excluding hydrogens is 266 g/mol. The second kappa shape index (κ2) is 7.89. The summed E-state index contributed by atoms with van der Waals surface area (Å²) in [5, 5.41) is 4.84. The van der Waals surface area contributed by atoms with Gasteiger partial charge in [-0.3, -0.25) is 0 Å². The molecule has 104 valence electrons. The molecule has 2 heterocycles. The SMILES string of the molecule is CC.COC(OC)c1ccn(-c2ncccc2Cl)n1. The van der Waals surface area contributed by atoms with Gasteiger partial charge in [0, 0.05) is 26.6 Å². The smallest absolute Gasteiger partial charge is 0.202 e. The first-order valence-corrected chi connectivity index (χ1v) is 6.36. The summed E-state index contributed by atoms with van der Waals surface area (Å²) in [5.74, 6) is 0.575. The second-order valence-electron chi connectivity index (χ2n) is 3.30. The number of rotatable bonds is 4. The minimum absolute atomic E-state index is 0.487. The zero-order valence-electron chi connectivity index (χ0n) is 11.5. The van der Waals surface area contributed by atoms with Gasteiger partial charge in [0.2, 0.25) is 6.29 Å². The van der Waals surface area contributed by atoms with Crippen LogP contribution in [0.5, 0.6) is 0 Å². The molecule has 0 bridgehead atoms. The van der Waals surface area contributed by atoms with Crippen molar-refractivity contribution in [2.75, 3.05) is 14.2 Å². The summed E-state index contributed by atoms with van der Waals surface area (Å²) in [6.07, 6.45) is 2.93. The van der Waals surface area contributed by atoms with Gasteiger partial charge in [0.25, 0.3) is 0 Å². The molecule has 19 heavy (non-hydrogen) atoms. The molecular formula is C13H18ClN3O2. The second-order valence-corrected chi connectivity index (χ2v) is 3.70. The number of aromatic nitrogens is 3. The fourth-order valence-electron chi connectivity index (χ4n) is 1.47. The Morgan fingerprint density at radius 1 is 1.21 bits per heavy atom. The quantitative estimate of drug-likeness (QED) is 0.808. The first-order valence-electron chi connectivity index (χ1n) is 5.98. The summed E-state index contributed by atoms with van der Waals surface area (Å²) in [7, 11) is 3.11. The van der Waals surface area contributed by atoms with Gasteiger partial charge in [0.05, 0.1) is 5.02 Å². The number of hydrogen-bond acceptors (Lipinski definition) is 4. The molecule has 0 aliphatic heterocycles. The van der Waals surface area contributed by atoms with E-state index < -0.39 is 6.29 Å². The van der Waals surface area contributed by atoms with Crippen molar-refractivity contribution in [3.8, 4) is 5.82 Å². The molecule has 0 fully saturated rings. The average Bonchev–Trinajstić information content (AvgIpc) is 2.92. The van der Waals surface area contributed by atoms with Crippen LogP contribution >= 0.6 is 11.6 Å². The first kappa shape index (κ1) is 15.6. The Bertz CT molecular complexity index is 498. The van der Waals surface area contributed by atoms with E-state index >= 15 is 0 Å². The summed E-state index contributed by atoms with van der Waals surface area (Å²) < 4.78 is 11.8. The first-order chi connectivity index (χ1) is 9.26. The van der Waals surface area contributed by atoms with Crippen LogP contribution in [0.25, 0.3) is 5.82 Å². The fourth-order valence-corrected chi connectivity index (χ4v) is 1.67. The van der Waals surface area contributed by atoms with E-state index in [4.69, 9.17) is 21.1 Å². The lowest BCUT2D eigenvalue weighted by atomic mass is 10.4. The van der Waals surface area contributed by atoms with Gasteiger partial charge in [-0.15, -0.1) is 0 Å². The van der Waals surface area contributed by atoms with Crippen LogP contribution in [0.15, 0.2) is 30.6 Å². The van der Waals surface area contributed by atoms with Crippen LogP contribution in [-0.4, -0.2) is 29.0 Å². The highest BCUT2D eigenvalue weighted by Gasteiger charge is 2.13. The van der Waals surface area contributed by atoms with Crippen LogP contribution in [0.3, 0.4) is 0 Å². The molecule has 6 heteroatoms. The number of halogens is 1. The molecule has 2 aromatic heterocycles. The highest BCUT2D eigenvalue weighted by molar-refractivity contribution is 6.32. The molecule has 0 radical (unpaired) electrons. The third kappa shape index (κ3) is 3.76. The van der Waals surface area contributed by atoms with Gasteiger partial charge < -0.3 is 9.47 Å². The molecule has 5 nitrogen and oxygen atoms in total. The zero-order valence-corrected chi connectivity index (χ0v) is 12.3. The molecule has 0 amide bonds. The molecule has 0 saturated carbocycles. The van der Waals surface area contributed by atoms with Crippen LogP contribution in [0.2, 0.25) is 5.02 Å². The number of hydrogen-bond donors (Lipinski definition) is 0. The number of pyridine rings is 1. The van der Waals surface area contributed by atoms with Gasteiger partial charge in [-0.2, -0.15) is 5.10 Å². The maximum Gasteiger partial charge on any atom is 0.202 e. The van der Waals surface area contributed by atoms with Gasteiger partial charge in [-0.25, -0.2) is 9.67 Å². The van der Waals surface area contributed by atoms with Crippen molar-refractivity contribution in [3.05, 3.63) is 41.3 Å². The molecule has 0 aliphatic carbocycles. The van der Waals surface area contributed by atoms with Crippen molar-refractivity contribution in [1.29, 1.82) is 0 Å². The monoisotopic (exact) mass is 283 g/mol. The minimum atomic E-state index is -0.487. The molecule has 0 spiro atoms. The lowest BCUT2D eigenvalue weighted by molar-refractivity contribution is -0.108. The molecule has 0 aliphatic rings. The van der Waals surface area contributed by atoms with E-state index in [1.807, 2.05) is 13.8 Å². The van der Waals surface area contributed by atoms with E-state index in [-0.39, 0.29) is 0 Å². The Balaban J connectivity index is 0.000000861. The van der Waals surface area contributed by atoms with E-state index in [9.17, 15) is 0 Å². The Hall–Kier alpha value is -1.43. The molecule has 0 aromatic carbocycles. The van der Waals surface area contributed by atoms with Crippen LogP contribution in [0.4, 0.5) is 0 Å². The van der Waals surface area contributed by atoms with Gasteiger partial charge >= 0.3 is 0 Å². The van der Waals surface area contributed by atoms with Crippen molar-refractivity contribution < 1.29 is 9.47 Å². The van der Waals surface area contributed by atoms with Crippen molar-refractivity contribution >= 4 is 11.6 Å². The van der Waals surface area contributed by atoms with Crippen LogP contribution in [0, 0.1) is 0 Å². The molecule has 0 saturated heterocycles. The lowest BCUT2D eigenvalue weighted by Crippen LogP contribution is -2.06. The number of methoxy groups -OCH3 is 2. The van der Waals surface area contributed by atoms with Crippen molar-refractivity contribution in [2.24, 2.45) is 0 Å².